The second kappa shape index (κ2) is 13.3. The largest absolute Gasteiger partial charge is 0.486 e. The number of carbonyl (C=O) groups excluding carboxylic acids is 1. The fourth-order valence-electron chi connectivity index (χ4n) is 1.90. The predicted octanol–water partition coefficient (Wildman–Crippen LogP) is 2.80. The molecule has 152 valence electrons. The van der Waals surface area contributed by atoms with Crippen molar-refractivity contribution in [1.29, 1.82) is 0 Å². The Kier molecular flexibility index (Phi) is 12.4. The maximum Gasteiger partial charge on any atom is 0.243 e. The number of benzene rings is 1. The second-order valence-corrected chi connectivity index (χ2v) is 6.22. The summed E-state index contributed by atoms with van der Waals surface area (Å²) in [6.07, 6.45) is 0.444. The Balaban J connectivity index is 0.00000676. The normalized spacial score (nSPS) is 11.8. The van der Waals surface area contributed by atoms with Crippen molar-refractivity contribution >= 4 is 35.8 Å². The Labute approximate surface area is 178 Å². The first-order valence-corrected chi connectivity index (χ1v) is 8.61. The van der Waals surface area contributed by atoms with Crippen LogP contribution in [-0.4, -0.2) is 56.6 Å². The number of para-hydroxylation sites is 1. The zero-order valence-corrected chi connectivity index (χ0v) is 18.7. The van der Waals surface area contributed by atoms with Crippen LogP contribution in [0, 0.1) is 5.82 Å². The van der Waals surface area contributed by atoms with Gasteiger partial charge in [0.2, 0.25) is 5.91 Å². The number of aliphatic imine (C=N–C) groups is 1. The van der Waals surface area contributed by atoms with Crippen LogP contribution in [-0.2, 0) is 4.79 Å². The van der Waals surface area contributed by atoms with E-state index in [4.69, 9.17) is 4.74 Å². The SMILES string of the molecule is C=C(C)CNC(=NCC(=O)N(C)C)NCC(CC)Oc1ccccc1F.I. The summed E-state index contributed by atoms with van der Waals surface area (Å²) in [5.74, 6) is 0.212. The van der Waals surface area contributed by atoms with Crippen LogP contribution in [0.5, 0.6) is 5.75 Å². The number of amides is 1. The van der Waals surface area contributed by atoms with E-state index in [1.54, 1.807) is 32.3 Å². The van der Waals surface area contributed by atoms with E-state index >= 15 is 0 Å². The molecule has 0 bridgehead atoms. The van der Waals surface area contributed by atoms with Crippen molar-refractivity contribution in [3.63, 3.8) is 0 Å². The third-order valence-corrected chi connectivity index (χ3v) is 3.51. The highest BCUT2D eigenvalue weighted by atomic mass is 127. The fraction of sp³-hybridized carbons (Fsp3) is 0.474. The van der Waals surface area contributed by atoms with Crippen molar-refractivity contribution in [2.24, 2.45) is 4.99 Å². The van der Waals surface area contributed by atoms with Gasteiger partial charge in [-0.25, -0.2) is 9.38 Å². The molecule has 1 aromatic rings. The van der Waals surface area contributed by atoms with Crippen LogP contribution in [0.3, 0.4) is 0 Å². The van der Waals surface area contributed by atoms with Crippen molar-refractivity contribution in [3.8, 4) is 5.75 Å². The number of likely N-dealkylation sites (N-methyl/N-ethyl adjacent to an activating group) is 1. The van der Waals surface area contributed by atoms with E-state index in [2.05, 4.69) is 22.2 Å². The Morgan fingerprint density at radius 3 is 2.56 bits per heavy atom. The molecule has 1 aromatic carbocycles. The highest BCUT2D eigenvalue weighted by Gasteiger charge is 2.12. The number of nitrogens with zero attached hydrogens (tertiary/aromatic N) is 2. The molecule has 6 nitrogen and oxygen atoms in total. The van der Waals surface area contributed by atoms with E-state index in [0.29, 0.717) is 25.5 Å². The summed E-state index contributed by atoms with van der Waals surface area (Å²) in [6.45, 7) is 8.68. The average molecular weight is 492 g/mol. The van der Waals surface area contributed by atoms with Crippen LogP contribution in [0.15, 0.2) is 41.4 Å². The summed E-state index contributed by atoms with van der Waals surface area (Å²) in [6, 6.07) is 6.31. The molecule has 1 amide bonds. The smallest absolute Gasteiger partial charge is 0.243 e. The molecule has 0 aliphatic heterocycles. The Hall–Kier alpha value is -1.84. The summed E-state index contributed by atoms with van der Waals surface area (Å²) >= 11 is 0. The summed E-state index contributed by atoms with van der Waals surface area (Å²) < 4.78 is 19.5. The third-order valence-electron chi connectivity index (χ3n) is 3.51. The first-order chi connectivity index (χ1) is 12.3. The van der Waals surface area contributed by atoms with Gasteiger partial charge < -0.3 is 20.3 Å². The lowest BCUT2D eigenvalue weighted by molar-refractivity contribution is -0.127. The molecule has 1 rings (SSSR count). The van der Waals surface area contributed by atoms with Gasteiger partial charge in [0.05, 0.1) is 6.54 Å². The molecule has 0 saturated heterocycles. The van der Waals surface area contributed by atoms with Crippen LogP contribution >= 0.6 is 24.0 Å². The zero-order chi connectivity index (χ0) is 19.5. The van der Waals surface area contributed by atoms with Crippen molar-refractivity contribution in [3.05, 3.63) is 42.2 Å². The quantitative estimate of drug-likeness (QED) is 0.241. The molecule has 1 atom stereocenters. The van der Waals surface area contributed by atoms with Gasteiger partial charge in [-0.1, -0.05) is 31.2 Å². The second-order valence-electron chi connectivity index (χ2n) is 6.22. The molecule has 27 heavy (non-hydrogen) atoms. The maximum atomic E-state index is 13.7. The number of hydrogen-bond acceptors (Lipinski definition) is 3. The molecule has 0 saturated carbocycles. The van der Waals surface area contributed by atoms with Gasteiger partial charge in [-0.05, 0) is 25.5 Å². The van der Waals surface area contributed by atoms with Gasteiger partial charge in [-0.3, -0.25) is 4.79 Å². The van der Waals surface area contributed by atoms with Crippen LogP contribution in [0.4, 0.5) is 4.39 Å². The van der Waals surface area contributed by atoms with Gasteiger partial charge in [0.15, 0.2) is 17.5 Å². The number of halogens is 2. The number of rotatable bonds is 9. The minimum Gasteiger partial charge on any atom is -0.486 e. The molecule has 2 N–H and O–H groups in total. The minimum absolute atomic E-state index is 0. The Morgan fingerprint density at radius 2 is 2.00 bits per heavy atom. The lowest BCUT2D eigenvalue weighted by Crippen LogP contribution is -2.43. The van der Waals surface area contributed by atoms with Crippen molar-refractivity contribution in [2.45, 2.75) is 26.4 Å². The highest BCUT2D eigenvalue weighted by molar-refractivity contribution is 14.0. The molecular formula is C19H30FIN4O2. The fourth-order valence-corrected chi connectivity index (χ4v) is 1.90. The van der Waals surface area contributed by atoms with E-state index in [1.165, 1.54) is 11.0 Å². The van der Waals surface area contributed by atoms with Crippen LogP contribution in [0.1, 0.15) is 20.3 Å². The van der Waals surface area contributed by atoms with E-state index in [1.807, 2.05) is 13.8 Å². The van der Waals surface area contributed by atoms with Gasteiger partial charge >= 0.3 is 0 Å². The zero-order valence-electron chi connectivity index (χ0n) is 16.4. The molecular weight excluding hydrogens is 462 g/mol. The molecule has 1 unspecified atom stereocenters. The molecule has 0 aliphatic carbocycles. The van der Waals surface area contributed by atoms with Crippen molar-refractivity contribution in [1.82, 2.24) is 15.5 Å². The van der Waals surface area contributed by atoms with Crippen LogP contribution < -0.4 is 15.4 Å². The van der Waals surface area contributed by atoms with Crippen LogP contribution in [0.25, 0.3) is 0 Å². The van der Waals surface area contributed by atoms with Crippen molar-refractivity contribution < 1.29 is 13.9 Å². The topological polar surface area (TPSA) is 66.0 Å². The van der Waals surface area contributed by atoms with Gasteiger partial charge in [0.25, 0.3) is 0 Å². The standard InChI is InChI=1S/C19H29FN4O2.HI/c1-6-15(26-17-10-8-7-9-16(17)20)12-22-19(21-11-14(2)3)23-13-18(25)24(4)5;/h7-10,15H,2,6,11-13H2,1,3-5H3,(H2,21,22,23);1H. The number of nitrogens with one attached hydrogen (secondary N) is 2. The molecule has 0 radical (unpaired) electrons. The van der Waals surface area contributed by atoms with E-state index in [9.17, 15) is 9.18 Å². The number of carbonyl (C=O) groups is 1. The first-order valence-electron chi connectivity index (χ1n) is 8.61. The molecule has 0 aromatic heterocycles. The number of ether oxygens (including phenoxy) is 1. The Bertz CT molecular complexity index is 638. The monoisotopic (exact) mass is 492 g/mol. The van der Waals surface area contributed by atoms with Crippen molar-refractivity contribution in [2.75, 3.05) is 33.7 Å². The summed E-state index contributed by atoms with van der Waals surface area (Å²) in [4.78, 5) is 17.5. The van der Waals surface area contributed by atoms with Gasteiger partial charge in [0, 0.05) is 20.6 Å². The number of guanidine groups is 1. The van der Waals surface area contributed by atoms with Crippen LogP contribution in [0.2, 0.25) is 0 Å². The van der Waals surface area contributed by atoms with Gasteiger partial charge in [0.1, 0.15) is 12.6 Å². The average Bonchev–Trinajstić information content (AvgIpc) is 2.60. The first kappa shape index (κ1) is 25.2. The van der Waals surface area contributed by atoms with Gasteiger partial charge in [-0.2, -0.15) is 0 Å². The minimum atomic E-state index is -0.392. The molecule has 0 spiro atoms. The number of hydrogen-bond donors (Lipinski definition) is 2. The lowest BCUT2D eigenvalue weighted by Gasteiger charge is -2.20. The lowest BCUT2D eigenvalue weighted by atomic mass is 10.2. The van der Waals surface area contributed by atoms with E-state index in [-0.39, 0.29) is 48.3 Å². The predicted molar refractivity (Wildman–Crippen MR) is 118 cm³/mol. The molecule has 0 aliphatic rings. The van der Waals surface area contributed by atoms with E-state index in [0.717, 1.165) is 5.57 Å². The summed E-state index contributed by atoms with van der Waals surface area (Å²) in [7, 11) is 3.36. The van der Waals surface area contributed by atoms with E-state index < -0.39 is 5.82 Å². The Morgan fingerprint density at radius 1 is 1.33 bits per heavy atom. The highest BCUT2D eigenvalue weighted by Crippen LogP contribution is 2.17. The molecule has 0 fully saturated rings. The summed E-state index contributed by atoms with van der Waals surface area (Å²) in [5, 5.41) is 6.25. The maximum absolute atomic E-state index is 13.7. The van der Waals surface area contributed by atoms with Gasteiger partial charge in [-0.15, -0.1) is 24.0 Å². The third kappa shape index (κ3) is 10.2. The molecule has 0 heterocycles. The molecule has 8 heteroatoms. The summed E-state index contributed by atoms with van der Waals surface area (Å²) in [5.41, 5.74) is 0.938.